The first-order valence-corrected chi connectivity index (χ1v) is 6.02. The molecule has 7 heteroatoms. The Labute approximate surface area is 115 Å². The van der Waals surface area contributed by atoms with Crippen molar-refractivity contribution in [2.45, 2.75) is 13.5 Å². The van der Waals surface area contributed by atoms with Crippen LogP contribution in [0.1, 0.15) is 28.5 Å². The Bertz CT molecular complexity index is 659. The third kappa shape index (κ3) is 2.59. The molecule has 0 fully saturated rings. The van der Waals surface area contributed by atoms with Gasteiger partial charge in [-0.3, -0.25) is 4.79 Å². The zero-order valence-corrected chi connectivity index (χ0v) is 10.9. The minimum absolute atomic E-state index is 0.0127. The van der Waals surface area contributed by atoms with Gasteiger partial charge in [-0.05, 0) is 28.9 Å². The lowest BCUT2D eigenvalue weighted by atomic mass is 10.1. The lowest BCUT2D eigenvalue weighted by Gasteiger charge is -2.20. The predicted molar refractivity (Wildman–Crippen MR) is 70.3 cm³/mol. The number of anilines is 1. The number of nitrogens with two attached hydrogens (primary N) is 1. The van der Waals surface area contributed by atoms with Crippen molar-refractivity contribution in [1.82, 2.24) is 15.2 Å². The van der Waals surface area contributed by atoms with Crippen LogP contribution < -0.4 is 5.73 Å². The number of amides is 1. The van der Waals surface area contributed by atoms with Crippen molar-refractivity contribution in [2.75, 3.05) is 12.3 Å². The molecule has 1 aromatic heterocycles. The maximum atomic E-state index is 12.3. The summed E-state index contributed by atoms with van der Waals surface area (Å²) >= 11 is 0. The molecule has 0 bridgehead atoms. The van der Waals surface area contributed by atoms with Crippen LogP contribution in [-0.2, 0) is 6.54 Å². The lowest BCUT2D eigenvalue weighted by Crippen LogP contribution is -2.31. The fourth-order valence-electron chi connectivity index (χ4n) is 1.79. The monoisotopic (exact) mass is 271 g/mol. The van der Waals surface area contributed by atoms with E-state index in [1.165, 1.54) is 4.90 Å². The minimum atomic E-state index is -0.376. The summed E-state index contributed by atoms with van der Waals surface area (Å²) in [5, 5.41) is 15.9. The van der Waals surface area contributed by atoms with Gasteiger partial charge in [0.05, 0.1) is 11.6 Å². The molecule has 2 rings (SSSR count). The third-order valence-electron chi connectivity index (χ3n) is 2.88. The molecule has 0 aliphatic rings. The molecule has 0 saturated carbocycles. The maximum absolute atomic E-state index is 12.3. The maximum Gasteiger partial charge on any atom is 0.280 e. The van der Waals surface area contributed by atoms with Crippen molar-refractivity contribution in [2.24, 2.45) is 0 Å². The number of carbonyl (C=O) groups is 1. The van der Waals surface area contributed by atoms with Gasteiger partial charge in [0, 0.05) is 13.1 Å². The van der Waals surface area contributed by atoms with Gasteiger partial charge in [-0.25, -0.2) is 4.63 Å². The molecule has 0 atom stereocenters. The fourth-order valence-corrected chi connectivity index (χ4v) is 1.79. The van der Waals surface area contributed by atoms with E-state index in [0.29, 0.717) is 18.7 Å². The number of aromatic nitrogens is 2. The molecule has 0 spiro atoms. The normalized spacial score (nSPS) is 10.0. The summed E-state index contributed by atoms with van der Waals surface area (Å²) in [4.78, 5) is 13.8. The molecule has 1 aromatic carbocycles. The molecule has 0 aliphatic carbocycles. The topological polar surface area (TPSA) is 109 Å². The van der Waals surface area contributed by atoms with Crippen LogP contribution in [0.4, 0.5) is 5.82 Å². The SMILES string of the molecule is CCN(Cc1ccccc1C#N)C(=O)c1nonc1N. The van der Waals surface area contributed by atoms with Crippen LogP contribution in [0.5, 0.6) is 0 Å². The van der Waals surface area contributed by atoms with Gasteiger partial charge in [0.15, 0.2) is 0 Å². The molecular formula is C13H13N5O2. The second-order valence-corrected chi connectivity index (χ2v) is 4.09. The highest BCUT2D eigenvalue weighted by Crippen LogP contribution is 2.14. The first-order valence-electron chi connectivity index (χ1n) is 6.02. The smallest absolute Gasteiger partial charge is 0.280 e. The average Bonchev–Trinajstić information content (AvgIpc) is 2.90. The summed E-state index contributed by atoms with van der Waals surface area (Å²) in [7, 11) is 0. The van der Waals surface area contributed by atoms with E-state index in [2.05, 4.69) is 21.0 Å². The number of nitriles is 1. The van der Waals surface area contributed by atoms with Crippen molar-refractivity contribution in [3.63, 3.8) is 0 Å². The number of nitrogen functional groups attached to an aromatic ring is 1. The first kappa shape index (κ1) is 13.5. The molecule has 20 heavy (non-hydrogen) atoms. The van der Waals surface area contributed by atoms with Gasteiger partial charge in [0.25, 0.3) is 5.91 Å². The molecule has 0 saturated heterocycles. The van der Waals surface area contributed by atoms with E-state index in [1.54, 1.807) is 18.2 Å². The Morgan fingerprint density at radius 1 is 1.45 bits per heavy atom. The van der Waals surface area contributed by atoms with Gasteiger partial charge in [-0.2, -0.15) is 5.26 Å². The van der Waals surface area contributed by atoms with Crippen LogP contribution >= 0.6 is 0 Å². The molecule has 0 unspecified atom stereocenters. The standard InChI is InChI=1S/C13H13N5O2/c1-2-18(13(19)11-12(15)17-20-16-11)8-10-6-4-3-5-9(10)7-14/h3-6H,2,8H2,1H3,(H2,15,17). The summed E-state index contributed by atoms with van der Waals surface area (Å²) in [6.07, 6.45) is 0. The Morgan fingerprint density at radius 2 is 2.20 bits per heavy atom. The summed E-state index contributed by atoms with van der Waals surface area (Å²) < 4.78 is 4.43. The Morgan fingerprint density at radius 3 is 2.80 bits per heavy atom. The van der Waals surface area contributed by atoms with Crippen LogP contribution in [0.3, 0.4) is 0 Å². The molecule has 1 heterocycles. The van der Waals surface area contributed by atoms with E-state index in [4.69, 9.17) is 11.0 Å². The molecule has 7 nitrogen and oxygen atoms in total. The van der Waals surface area contributed by atoms with Crippen molar-refractivity contribution in [3.05, 3.63) is 41.1 Å². The van der Waals surface area contributed by atoms with E-state index in [9.17, 15) is 4.79 Å². The summed E-state index contributed by atoms with van der Waals surface area (Å²) in [6.45, 7) is 2.58. The quantitative estimate of drug-likeness (QED) is 0.894. The zero-order chi connectivity index (χ0) is 14.5. The van der Waals surface area contributed by atoms with E-state index in [-0.39, 0.29) is 17.4 Å². The minimum Gasteiger partial charge on any atom is -0.379 e. The van der Waals surface area contributed by atoms with Crippen molar-refractivity contribution in [3.8, 4) is 6.07 Å². The van der Waals surface area contributed by atoms with E-state index in [0.717, 1.165) is 5.56 Å². The van der Waals surface area contributed by atoms with Gasteiger partial charge in [0.1, 0.15) is 0 Å². The fraction of sp³-hybridized carbons (Fsp3) is 0.231. The average molecular weight is 271 g/mol. The zero-order valence-electron chi connectivity index (χ0n) is 10.9. The predicted octanol–water partition coefficient (Wildman–Crippen LogP) is 1.19. The Balaban J connectivity index is 2.24. The van der Waals surface area contributed by atoms with Gasteiger partial charge in [-0.1, -0.05) is 18.2 Å². The van der Waals surface area contributed by atoms with Gasteiger partial charge >= 0.3 is 0 Å². The molecule has 2 N–H and O–H groups in total. The highest BCUT2D eigenvalue weighted by molar-refractivity contribution is 5.96. The van der Waals surface area contributed by atoms with E-state index < -0.39 is 0 Å². The van der Waals surface area contributed by atoms with Crippen LogP contribution in [-0.4, -0.2) is 27.7 Å². The number of benzene rings is 1. The van der Waals surface area contributed by atoms with Gasteiger partial charge in [-0.15, -0.1) is 0 Å². The van der Waals surface area contributed by atoms with Gasteiger partial charge in [0.2, 0.25) is 11.5 Å². The summed E-state index contributed by atoms with van der Waals surface area (Å²) in [5.41, 5.74) is 6.80. The number of hydrogen-bond acceptors (Lipinski definition) is 6. The summed E-state index contributed by atoms with van der Waals surface area (Å²) in [6, 6.07) is 9.21. The van der Waals surface area contributed by atoms with Crippen LogP contribution in [0.15, 0.2) is 28.9 Å². The number of rotatable bonds is 4. The van der Waals surface area contributed by atoms with Crippen molar-refractivity contribution >= 4 is 11.7 Å². The lowest BCUT2D eigenvalue weighted by molar-refractivity contribution is 0.0742. The van der Waals surface area contributed by atoms with Crippen molar-refractivity contribution in [1.29, 1.82) is 5.26 Å². The number of hydrogen-bond donors (Lipinski definition) is 1. The highest BCUT2D eigenvalue weighted by Gasteiger charge is 2.22. The van der Waals surface area contributed by atoms with E-state index in [1.807, 2.05) is 13.0 Å². The Kier molecular flexibility index (Phi) is 3.96. The summed E-state index contributed by atoms with van der Waals surface area (Å²) in [5.74, 6) is -0.416. The molecule has 0 aliphatic heterocycles. The largest absolute Gasteiger partial charge is 0.379 e. The van der Waals surface area contributed by atoms with Crippen LogP contribution in [0, 0.1) is 11.3 Å². The molecular weight excluding hydrogens is 258 g/mol. The Hall–Kier alpha value is -2.88. The molecule has 1 amide bonds. The molecule has 0 radical (unpaired) electrons. The second-order valence-electron chi connectivity index (χ2n) is 4.09. The second kappa shape index (κ2) is 5.84. The van der Waals surface area contributed by atoms with Crippen LogP contribution in [0.2, 0.25) is 0 Å². The van der Waals surface area contributed by atoms with E-state index >= 15 is 0 Å². The number of nitrogens with zero attached hydrogens (tertiary/aromatic N) is 4. The molecule has 2 aromatic rings. The first-order chi connectivity index (χ1) is 9.67. The number of carbonyl (C=O) groups excluding carboxylic acids is 1. The highest BCUT2D eigenvalue weighted by atomic mass is 16.6. The van der Waals surface area contributed by atoms with Crippen molar-refractivity contribution < 1.29 is 9.42 Å². The third-order valence-corrected chi connectivity index (χ3v) is 2.88. The van der Waals surface area contributed by atoms with Crippen LogP contribution in [0.25, 0.3) is 0 Å². The van der Waals surface area contributed by atoms with Gasteiger partial charge < -0.3 is 10.6 Å². The molecule has 102 valence electrons.